The minimum atomic E-state index is 0.529. The van der Waals surface area contributed by atoms with E-state index < -0.39 is 0 Å². The molecule has 0 radical (unpaired) electrons. The molecule has 1 aliphatic carbocycles. The molecule has 0 amide bonds. The normalized spacial score (nSPS) is 16.1. The SMILES string of the molecule is NNc1nc2cccnc2n1C1CC1. The highest BCUT2D eigenvalue weighted by atomic mass is 15.4. The molecule has 72 valence electrons. The van der Waals surface area contributed by atoms with E-state index in [1.54, 1.807) is 6.20 Å². The first kappa shape index (κ1) is 7.75. The van der Waals surface area contributed by atoms with Gasteiger partial charge in [0, 0.05) is 12.2 Å². The summed E-state index contributed by atoms with van der Waals surface area (Å²) >= 11 is 0. The fourth-order valence-electron chi connectivity index (χ4n) is 1.71. The maximum atomic E-state index is 5.42. The lowest BCUT2D eigenvalue weighted by molar-refractivity contribution is 0.762. The second-order valence-corrected chi connectivity index (χ2v) is 3.53. The van der Waals surface area contributed by atoms with Crippen LogP contribution in [0.5, 0.6) is 0 Å². The number of anilines is 1. The Morgan fingerprint density at radius 3 is 3.07 bits per heavy atom. The van der Waals surface area contributed by atoms with Gasteiger partial charge < -0.3 is 0 Å². The van der Waals surface area contributed by atoms with Crippen LogP contribution in [0.2, 0.25) is 0 Å². The van der Waals surface area contributed by atoms with Crippen LogP contribution in [0.4, 0.5) is 5.95 Å². The van der Waals surface area contributed by atoms with Gasteiger partial charge in [-0.05, 0) is 25.0 Å². The van der Waals surface area contributed by atoms with E-state index in [4.69, 9.17) is 5.84 Å². The van der Waals surface area contributed by atoms with E-state index in [0.29, 0.717) is 12.0 Å². The maximum absolute atomic E-state index is 5.42. The Kier molecular flexibility index (Phi) is 1.49. The van der Waals surface area contributed by atoms with Gasteiger partial charge in [0.25, 0.3) is 0 Å². The van der Waals surface area contributed by atoms with Gasteiger partial charge in [0.2, 0.25) is 5.95 Å². The number of nitrogens with zero attached hydrogens (tertiary/aromatic N) is 3. The van der Waals surface area contributed by atoms with Crippen molar-refractivity contribution in [3.63, 3.8) is 0 Å². The van der Waals surface area contributed by atoms with E-state index in [0.717, 1.165) is 11.2 Å². The molecule has 3 N–H and O–H groups in total. The molecule has 5 heteroatoms. The second-order valence-electron chi connectivity index (χ2n) is 3.53. The molecule has 1 saturated carbocycles. The highest BCUT2D eigenvalue weighted by Gasteiger charge is 2.28. The van der Waals surface area contributed by atoms with Crippen molar-refractivity contribution in [3.05, 3.63) is 18.3 Å². The molecule has 3 rings (SSSR count). The average Bonchev–Trinajstić information content (AvgIpc) is 2.98. The minimum Gasteiger partial charge on any atom is -0.294 e. The number of pyridine rings is 1. The fraction of sp³-hybridized carbons (Fsp3) is 0.333. The molecular weight excluding hydrogens is 178 g/mol. The molecule has 1 fully saturated rings. The third-order valence-electron chi connectivity index (χ3n) is 2.49. The van der Waals surface area contributed by atoms with Crippen molar-refractivity contribution in [2.24, 2.45) is 5.84 Å². The number of nitrogens with one attached hydrogen (secondary N) is 1. The van der Waals surface area contributed by atoms with Gasteiger partial charge in [-0.2, -0.15) is 0 Å². The zero-order valence-corrected chi connectivity index (χ0v) is 7.64. The number of aromatic nitrogens is 3. The number of hydrogen-bond acceptors (Lipinski definition) is 4. The van der Waals surface area contributed by atoms with Gasteiger partial charge in [0.05, 0.1) is 0 Å². The van der Waals surface area contributed by atoms with Gasteiger partial charge in [0.1, 0.15) is 5.52 Å². The summed E-state index contributed by atoms with van der Waals surface area (Å²) in [6.07, 6.45) is 4.16. The summed E-state index contributed by atoms with van der Waals surface area (Å²) in [5.74, 6) is 6.13. The largest absolute Gasteiger partial charge is 0.294 e. The van der Waals surface area contributed by atoms with Gasteiger partial charge in [-0.1, -0.05) is 0 Å². The number of nitrogen functional groups attached to an aromatic ring is 1. The summed E-state index contributed by atoms with van der Waals surface area (Å²) in [6, 6.07) is 4.36. The molecule has 1 aliphatic rings. The first-order valence-corrected chi connectivity index (χ1v) is 4.69. The summed E-state index contributed by atoms with van der Waals surface area (Å²) in [4.78, 5) is 8.67. The molecule has 0 bridgehead atoms. The van der Waals surface area contributed by atoms with Crippen LogP contribution in [0.3, 0.4) is 0 Å². The van der Waals surface area contributed by atoms with Crippen molar-refractivity contribution in [2.75, 3.05) is 5.43 Å². The van der Waals surface area contributed by atoms with Gasteiger partial charge in [-0.15, -0.1) is 0 Å². The third kappa shape index (κ3) is 0.990. The zero-order chi connectivity index (χ0) is 9.54. The number of rotatable bonds is 2. The molecule has 0 aromatic carbocycles. The van der Waals surface area contributed by atoms with Gasteiger partial charge >= 0.3 is 0 Å². The summed E-state index contributed by atoms with van der Waals surface area (Å²) in [6.45, 7) is 0. The van der Waals surface area contributed by atoms with E-state index in [9.17, 15) is 0 Å². The minimum absolute atomic E-state index is 0.529. The van der Waals surface area contributed by atoms with Gasteiger partial charge in [0.15, 0.2) is 5.65 Å². The van der Waals surface area contributed by atoms with Crippen molar-refractivity contribution in [1.29, 1.82) is 0 Å². The Hall–Kier alpha value is -1.62. The summed E-state index contributed by atoms with van der Waals surface area (Å²) in [5.41, 5.74) is 4.43. The summed E-state index contributed by atoms with van der Waals surface area (Å²) < 4.78 is 2.08. The number of hydrazine groups is 1. The van der Waals surface area contributed by atoms with Crippen LogP contribution in [0.15, 0.2) is 18.3 Å². The Bertz CT molecular complexity index is 471. The van der Waals surface area contributed by atoms with Gasteiger partial charge in [-0.3, -0.25) is 9.99 Å². The quantitative estimate of drug-likeness (QED) is 0.547. The van der Waals surface area contributed by atoms with E-state index in [2.05, 4.69) is 20.0 Å². The molecule has 5 nitrogen and oxygen atoms in total. The molecule has 0 spiro atoms. The van der Waals surface area contributed by atoms with E-state index in [1.165, 1.54) is 12.8 Å². The average molecular weight is 189 g/mol. The third-order valence-corrected chi connectivity index (χ3v) is 2.49. The lowest BCUT2D eigenvalue weighted by atomic mass is 10.4. The van der Waals surface area contributed by atoms with E-state index in [-0.39, 0.29) is 0 Å². The zero-order valence-electron chi connectivity index (χ0n) is 7.64. The van der Waals surface area contributed by atoms with Crippen LogP contribution >= 0.6 is 0 Å². The van der Waals surface area contributed by atoms with Crippen molar-refractivity contribution >= 4 is 17.1 Å². The molecule has 14 heavy (non-hydrogen) atoms. The molecular formula is C9H11N5. The van der Waals surface area contributed by atoms with Crippen molar-refractivity contribution in [1.82, 2.24) is 14.5 Å². The standard InChI is InChI=1S/C9H11N5/c10-13-9-12-7-2-1-5-11-8(7)14(9)6-3-4-6/h1-2,5-6H,3-4,10H2,(H,12,13). The Balaban J connectivity index is 2.29. The van der Waals surface area contributed by atoms with Crippen LogP contribution < -0.4 is 11.3 Å². The fourth-order valence-corrected chi connectivity index (χ4v) is 1.71. The summed E-state index contributed by atoms with van der Waals surface area (Å²) in [5, 5.41) is 0. The van der Waals surface area contributed by atoms with E-state index >= 15 is 0 Å². The maximum Gasteiger partial charge on any atom is 0.219 e. The van der Waals surface area contributed by atoms with Crippen LogP contribution in [-0.2, 0) is 0 Å². The lowest BCUT2D eigenvalue weighted by Crippen LogP contribution is -2.12. The Labute approximate surface area is 80.9 Å². The highest BCUT2D eigenvalue weighted by Crippen LogP contribution is 2.39. The molecule has 0 atom stereocenters. The smallest absolute Gasteiger partial charge is 0.219 e. The van der Waals surface area contributed by atoms with Crippen LogP contribution in [0.1, 0.15) is 18.9 Å². The van der Waals surface area contributed by atoms with Crippen molar-refractivity contribution < 1.29 is 0 Å². The van der Waals surface area contributed by atoms with Crippen molar-refractivity contribution in [3.8, 4) is 0 Å². The predicted molar refractivity (Wildman–Crippen MR) is 53.6 cm³/mol. The number of fused-ring (bicyclic) bond motifs is 1. The topological polar surface area (TPSA) is 68.8 Å². The number of imidazole rings is 1. The first-order chi connectivity index (χ1) is 6.90. The van der Waals surface area contributed by atoms with Crippen molar-refractivity contribution in [2.45, 2.75) is 18.9 Å². The monoisotopic (exact) mass is 189 g/mol. The van der Waals surface area contributed by atoms with Gasteiger partial charge in [-0.25, -0.2) is 15.8 Å². The Morgan fingerprint density at radius 1 is 1.50 bits per heavy atom. The predicted octanol–water partition coefficient (Wildman–Crippen LogP) is 1.05. The molecule has 2 heterocycles. The second kappa shape index (κ2) is 2.68. The molecule has 0 saturated heterocycles. The molecule has 0 unspecified atom stereocenters. The first-order valence-electron chi connectivity index (χ1n) is 4.69. The molecule has 2 aromatic heterocycles. The number of hydrogen-bond donors (Lipinski definition) is 2. The highest BCUT2D eigenvalue weighted by molar-refractivity contribution is 5.74. The summed E-state index contributed by atoms with van der Waals surface area (Å²) in [7, 11) is 0. The molecule has 0 aliphatic heterocycles. The van der Waals surface area contributed by atoms with Crippen LogP contribution in [0.25, 0.3) is 11.2 Å². The lowest BCUT2D eigenvalue weighted by Gasteiger charge is -2.04. The van der Waals surface area contributed by atoms with E-state index in [1.807, 2.05) is 12.1 Å². The van der Waals surface area contributed by atoms with Crippen LogP contribution in [-0.4, -0.2) is 14.5 Å². The van der Waals surface area contributed by atoms with Crippen LogP contribution in [0, 0.1) is 0 Å². The number of nitrogens with two attached hydrogens (primary N) is 1. The molecule has 2 aromatic rings. The Morgan fingerprint density at radius 2 is 2.36 bits per heavy atom.